The number of amides is 1. The summed E-state index contributed by atoms with van der Waals surface area (Å²) >= 11 is 0. The van der Waals surface area contributed by atoms with Gasteiger partial charge in [0.1, 0.15) is 34.8 Å². The number of carbonyl (C=O) groups excluding carboxylic acids is 2. The van der Waals surface area contributed by atoms with E-state index >= 15 is 0 Å². The Kier molecular flexibility index (Phi) is 7.98. The van der Waals surface area contributed by atoms with Gasteiger partial charge in [-0.25, -0.2) is 4.79 Å². The van der Waals surface area contributed by atoms with Gasteiger partial charge in [-0.2, -0.15) is 10.5 Å². The highest BCUT2D eigenvalue weighted by atomic mass is 16.5. The lowest BCUT2D eigenvalue weighted by Crippen LogP contribution is -2.21. The third kappa shape index (κ3) is 5.48. The van der Waals surface area contributed by atoms with Gasteiger partial charge in [0.2, 0.25) is 5.88 Å². The monoisotopic (exact) mass is 486 g/mol. The molecule has 0 aliphatic carbocycles. The zero-order chi connectivity index (χ0) is 26.4. The van der Waals surface area contributed by atoms with Crippen molar-refractivity contribution >= 4 is 23.8 Å². The Morgan fingerprint density at radius 2 is 1.83 bits per heavy atom. The van der Waals surface area contributed by atoms with E-state index in [0.717, 1.165) is 22.8 Å². The number of furan rings is 1. The van der Waals surface area contributed by atoms with Crippen LogP contribution in [0.4, 0.5) is 5.88 Å². The fraction of sp³-hybridized carbons (Fsp3) is 0.259. The molecule has 184 valence electrons. The van der Waals surface area contributed by atoms with E-state index in [1.54, 1.807) is 13.8 Å². The minimum atomic E-state index is -0.939. The maximum absolute atomic E-state index is 12.5. The number of ether oxygens (including phenoxy) is 2. The first-order valence-corrected chi connectivity index (χ1v) is 11.2. The molecule has 0 atom stereocenters. The van der Waals surface area contributed by atoms with Gasteiger partial charge in [0.25, 0.3) is 5.91 Å². The molecule has 0 saturated carbocycles. The molecule has 9 heteroatoms. The fourth-order valence-corrected chi connectivity index (χ4v) is 3.70. The molecule has 0 saturated heterocycles. The molecule has 2 aromatic heterocycles. The highest BCUT2D eigenvalue weighted by Gasteiger charge is 2.19. The minimum Gasteiger partial charge on any atom is -0.494 e. The van der Waals surface area contributed by atoms with Crippen LogP contribution in [-0.2, 0) is 14.3 Å². The predicted molar refractivity (Wildman–Crippen MR) is 132 cm³/mol. The van der Waals surface area contributed by atoms with Crippen LogP contribution in [-0.4, -0.2) is 29.7 Å². The van der Waals surface area contributed by atoms with E-state index in [0.29, 0.717) is 23.5 Å². The Hall–Kier alpha value is -4.76. The molecule has 0 radical (unpaired) electrons. The number of hydrogen-bond donors (Lipinski definition) is 1. The Morgan fingerprint density at radius 1 is 1.14 bits per heavy atom. The second kappa shape index (κ2) is 11.1. The van der Waals surface area contributed by atoms with Crippen molar-refractivity contribution in [2.75, 3.05) is 18.5 Å². The van der Waals surface area contributed by atoms with Crippen LogP contribution in [0.1, 0.15) is 40.8 Å². The molecule has 1 aromatic carbocycles. The molecule has 0 spiro atoms. The van der Waals surface area contributed by atoms with Crippen LogP contribution in [0, 0.1) is 50.4 Å². The van der Waals surface area contributed by atoms with Crippen LogP contribution in [0.15, 0.2) is 40.3 Å². The quantitative estimate of drug-likeness (QED) is 0.278. The van der Waals surface area contributed by atoms with Crippen LogP contribution in [0.2, 0.25) is 0 Å². The van der Waals surface area contributed by atoms with Crippen molar-refractivity contribution in [2.24, 2.45) is 0 Å². The molecule has 3 aromatic rings. The van der Waals surface area contributed by atoms with E-state index in [2.05, 4.69) is 5.32 Å². The summed E-state index contributed by atoms with van der Waals surface area (Å²) in [7, 11) is 0. The molecule has 9 nitrogen and oxygen atoms in total. The Labute approximate surface area is 209 Å². The number of nitrogens with zero attached hydrogens (tertiary/aromatic N) is 3. The summed E-state index contributed by atoms with van der Waals surface area (Å²) in [6.45, 7) is 9.02. The Bertz CT molecular complexity index is 1410. The van der Waals surface area contributed by atoms with Crippen molar-refractivity contribution in [2.45, 2.75) is 34.6 Å². The normalized spacial score (nSPS) is 10.9. The van der Waals surface area contributed by atoms with Crippen LogP contribution in [0.5, 0.6) is 5.75 Å². The molecular formula is C27H26N4O5. The summed E-state index contributed by atoms with van der Waals surface area (Å²) in [5.41, 5.74) is 3.87. The number of anilines is 1. The number of nitrogens with one attached hydrogen (secondary N) is 1. The first-order valence-electron chi connectivity index (χ1n) is 11.2. The van der Waals surface area contributed by atoms with Crippen molar-refractivity contribution < 1.29 is 23.5 Å². The molecular weight excluding hydrogens is 460 g/mol. The predicted octanol–water partition coefficient (Wildman–Crippen LogP) is 4.66. The molecule has 1 N–H and O–H groups in total. The number of hydrogen-bond acceptors (Lipinski definition) is 7. The van der Waals surface area contributed by atoms with Gasteiger partial charge in [0.15, 0.2) is 6.61 Å². The average Bonchev–Trinajstić information content (AvgIpc) is 3.29. The standard InChI is InChI=1S/C27H26N4O5/c1-6-34-23-9-7-22(8-10-23)31-16(2)11-20(18(31)4)12-21(13-28)27(33)35-15-25(32)30-26-24(14-29)17(3)19(5)36-26/h7-12H,6,15H2,1-5H3,(H,30,32)/b21-12+. The third-order valence-electron chi connectivity index (χ3n) is 5.60. The van der Waals surface area contributed by atoms with Crippen molar-refractivity contribution in [3.63, 3.8) is 0 Å². The third-order valence-corrected chi connectivity index (χ3v) is 5.60. The van der Waals surface area contributed by atoms with Crippen molar-refractivity contribution in [1.29, 1.82) is 10.5 Å². The molecule has 0 aliphatic rings. The number of rotatable bonds is 8. The summed E-state index contributed by atoms with van der Waals surface area (Å²) < 4.78 is 17.9. The van der Waals surface area contributed by atoms with E-state index in [-0.39, 0.29) is 17.0 Å². The Morgan fingerprint density at radius 3 is 2.44 bits per heavy atom. The van der Waals surface area contributed by atoms with Crippen molar-refractivity contribution in [1.82, 2.24) is 4.57 Å². The Balaban J connectivity index is 1.73. The number of nitriles is 2. The molecule has 2 heterocycles. The van der Waals surface area contributed by atoms with E-state index in [1.165, 1.54) is 6.08 Å². The van der Waals surface area contributed by atoms with Gasteiger partial charge in [0.05, 0.1) is 6.61 Å². The van der Waals surface area contributed by atoms with E-state index in [1.807, 2.05) is 67.8 Å². The van der Waals surface area contributed by atoms with Crippen LogP contribution < -0.4 is 10.1 Å². The van der Waals surface area contributed by atoms with Crippen molar-refractivity contribution in [3.05, 3.63) is 69.7 Å². The van der Waals surface area contributed by atoms with Crippen molar-refractivity contribution in [3.8, 4) is 23.6 Å². The number of benzene rings is 1. The highest BCUT2D eigenvalue weighted by Crippen LogP contribution is 2.26. The van der Waals surface area contributed by atoms with Gasteiger partial charge in [-0.1, -0.05) is 0 Å². The summed E-state index contributed by atoms with van der Waals surface area (Å²) in [6.07, 6.45) is 1.43. The highest BCUT2D eigenvalue weighted by molar-refractivity contribution is 6.00. The molecule has 0 unspecified atom stereocenters. The second-order valence-corrected chi connectivity index (χ2v) is 7.98. The number of esters is 1. The largest absolute Gasteiger partial charge is 0.494 e. The second-order valence-electron chi connectivity index (χ2n) is 7.98. The lowest BCUT2D eigenvalue weighted by Gasteiger charge is -2.11. The molecule has 0 bridgehead atoms. The summed E-state index contributed by atoms with van der Waals surface area (Å²) in [5, 5.41) is 21.2. The fourth-order valence-electron chi connectivity index (χ4n) is 3.70. The average molecular weight is 487 g/mol. The molecule has 1 amide bonds. The van der Waals surface area contributed by atoms with Crippen LogP contribution in [0.3, 0.4) is 0 Å². The minimum absolute atomic E-state index is 0.00803. The number of aryl methyl sites for hydroxylation is 2. The van der Waals surface area contributed by atoms with Gasteiger partial charge in [0, 0.05) is 22.6 Å². The topological polar surface area (TPSA) is 130 Å². The number of carbonyl (C=O) groups is 2. The van der Waals surface area contributed by atoms with E-state index in [4.69, 9.17) is 13.9 Å². The van der Waals surface area contributed by atoms with Crippen LogP contribution >= 0.6 is 0 Å². The lowest BCUT2D eigenvalue weighted by molar-refractivity contribution is -0.142. The molecule has 36 heavy (non-hydrogen) atoms. The maximum atomic E-state index is 12.5. The van der Waals surface area contributed by atoms with Crippen LogP contribution in [0.25, 0.3) is 11.8 Å². The summed E-state index contributed by atoms with van der Waals surface area (Å²) in [6, 6.07) is 13.3. The van der Waals surface area contributed by atoms with E-state index in [9.17, 15) is 20.1 Å². The van der Waals surface area contributed by atoms with E-state index < -0.39 is 18.5 Å². The molecule has 3 rings (SSSR count). The lowest BCUT2D eigenvalue weighted by atomic mass is 10.1. The summed E-state index contributed by atoms with van der Waals surface area (Å²) in [5.74, 6) is -0.378. The zero-order valence-electron chi connectivity index (χ0n) is 20.8. The number of aromatic nitrogens is 1. The maximum Gasteiger partial charge on any atom is 0.349 e. The molecule has 0 fully saturated rings. The smallest absolute Gasteiger partial charge is 0.349 e. The van der Waals surface area contributed by atoms with Gasteiger partial charge in [-0.15, -0.1) is 0 Å². The first kappa shape index (κ1) is 25.9. The summed E-state index contributed by atoms with van der Waals surface area (Å²) in [4.78, 5) is 24.7. The zero-order valence-corrected chi connectivity index (χ0v) is 20.8. The van der Waals surface area contributed by atoms with Gasteiger partial charge in [-0.3, -0.25) is 10.1 Å². The molecule has 0 aliphatic heterocycles. The van der Waals surface area contributed by atoms with Gasteiger partial charge < -0.3 is 18.5 Å². The SMILES string of the molecule is CCOc1ccc(-n2c(C)cc(/C=C(\C#N)C(=O)OCC(=O)Nc3oc(C)c(C)c3C#N)c2C)cc1. The van der Waals surface area contributed by atoms with Gasteiger partial charge in [-0.05, 0) is 76.6 Å². The van der Waals surface area contributed by atoms with Gasteiger partial charge >= 0.3 is 5.97 Å². The first-order chi connectivity index (χ1) is 17.2.